The first-order valence-corrected chi connectivity index (χ1v) is 8.32. The van der Waals surface area contributed by atoms with Crippen molar-refractivity contribution in [2.24, 2.45) is 0 Å². The molecule has 0 bridgehead atoms. The van der Waals surface area contributed by atoms with Crippen LogP contribution in [0.15, 0.2) is 48.8 Å². The predicted octanol–water partition coefficient (Wildman–Crippen LogP) is 2.45. The molecule has 1 atom stereocenters. The summed E-state index contributed by atoms with van der Waals surface area (Å²) in [5, 5.41) is 1.14. The Morgan fingerprint density at radius 3 is 2.76 bits per heavy atom. The summed E-state index contributed by atoms with van der Waals surface area (Å²) >= 11 is 0. The van der Waals surface area contributed by atoms with Crippen LogP contribution in [-0.2, 0) is 24.3 Å². The van der Waals surface area contributed by atoms with Crippen LogP contribution < -0.4 is 0 Å². The van der Waals surface area contributed by atoms with E-state index in [9.17, 15) is 9.59 Å². The minimum absolute atomic E-state index is 0.113. The molecule has 124 valence electrons. The third kappa shape index (κ3) is 2.07. The summed E-state index contributed by atoms with van der Waals surface area (Å²) in [6, 6.07) is 11.1. The molecule has 25 heavy (non-hydrogen) atoms. The first kappa shape index (κ1) is 14.2. The summed E-state index contributed by atoms with van der Waals surface area (Å²) in [7, 11) is 0. The minimum Gasteiger partial charge on any atom is -0.357 e. The summed E-state index contributed by atoms with van der Waals surface area (Å²) in [6.45, 7) is 0.744. The van der Waals surface area contributed by atoms with Crippen LogP contribution in [0.25, 0.3) is 10.9 Å². The lowest BCUT2D eigenvalue weighted by atomic mass is 9.97. The van der Waals surface area contributed by atoms with E-state index >= 15 is 0 Å². The Labute approximate surface area is 144 Å². The molecule has 2 aliphatic rings. The molecule has 1 N–H and O–H groups in total. The van der Waals surface area contributed by atoms with Crippen LogP contribution in [0, 0.1) is 0 Å². The van der Waals surface area contributed by atoms with E-state index in [0.29, 0.717) is 19.5 Å². The number of carbonyl (C=O) groups is 2. The normalized spacial score (nSPS) is 19.4. The molecule has 0 radical (unpaired) electrons. The number of para-hydroxylation sites is 1. The molecule has 2 aromatic heterocycles. The summed E-state index contributed by atoms with van der Waals surface area (Å²) in [5.74, 6) is -0.113. The van der Waals surface area contributed by atoms with Crippen molar-refractivity contribution in [1.82, 2.24) is 19.8 Å². The van der Waals surface area contributed by atoms with Gasteiger partial charge in [0.05, 0.1) is 13.1 Å². The predicted molar refractivity (Wildman–Crippen MR) is 91.5 cm³/mol. The number of amides is 3. The molecule has 5 rings (SSSR count). The number of benzene rings is 1. The van der Waals surface area contributed by atoms with E-state index in [1.807, 2.05) is 30.3 Å². The lowest BCUT2D eigenvalue weighted by molar-refractivity contribution is -0.128. The topological polar surface area (TPSA) is 69.3 Å². The fourth-order valence-corrected chi connectivity index (χ4v) is 3.88. The maximum absolute atomic E-state index is 12.9. The zero-order valence-corrected chi connectivity index (χ0v) is 13.5. The van der Waals surface area contributed by atoms with E-state index in [4.69, 9.17) is 0 Å². The van der Waals surface area contributed by atoms with Gasteiger partial charge in [0, 0.05) is 35.4 Å². The number of urea groups is 1. The summed E-state index contributed by atoms with van der Waals surface area (Å²) < 4.78 is 0. The van der Waals surface area contributed by atoms with Crippen LogP contribution in [0.5, 0.6) is 0 Å². The van der Waals surface area contributed by atoms with Crippen LogP contribution in [0.2, 0.25) is 0 Å². The Kier molecular flexibility index (Phi) is 2.94. The number of carbonyl (C=O) groups excluding carboxylic acids is 2. The highest BCUT2D eigenvalue weighted by molar-refractivity contribution is 6.05. The third-order valence-corrected chi connectivity index (χ3v) is 5.12. The Bertz CT molecular complexity index is 995. The van der Waals surface area contributed by atoms with Crippen molar-refractivity contribution in [2.45, 2.75) is 25.6 Å². The smallest absolute Gasteiger partial charge is 0.328 e. The zero-order chi connectivity index (χ0) is 17.0. The van der Waals surface area contributed by atoms with Crippen LogP contribution in [0.4, 0.5) is 4.79 Å². The van der Waals surface area contributed by atoms with Crippen LogP contribution in [0.3, 0.4) is 0 Å². The molecule has 6 heteroatoms. The third-order valence-electron chi connectivity index (χ3n) is 5.12. The second kappa shape index (κ2) is 5.17. The largest absolute Gasteiger partial charge is 0.357 e. The number of hydrogen-bond acceptors (Lipinski definition) is 3. The molecule has 3 aromatic rings. The van der Waals surface area contributed by atoms with Crippen molar-refractivity contribution in [2.75, 3.05) is 0 Å². The maximum atomic E-state index is 12.9. The molecule has 1 fully saturated rings. The van der Waals surface area contributed by atoms with Crippen LogP contribution >= 0.6 is 0 Å². The Morgan fingerprint density at radius 2 is 1.92 bits per heavy atom. The van der Waals surface area contributed by atoms with Crippen molar-refractivity contribution in [3.8, 4) is 0 Å². The van der Waals surface area contributed by atoms with E-state index in [1.165, 1.54) is 4.90 Å². The Balaban J connectivity index is 1.48. The highest BCUT2D eigenvalue weighted by atomic mass is 16.2. The summed E-state index contributed by atoms with van der Waals surface area (Å²) in [5.41, 5.74) is 4.15. The molecular formula is C19H16N4O2. The van der Waals surface area contributed by atoms with E-state index in [1.54, 1.807) is 17.3 Å². The average molecular weight is 332 g/mol. The van der Waals surface area contributed by atoms with Gasteiger partial charge in [0.1, 0.15) is 6.04 Å². The number of aromatic amines is 1. The molecule has 6 nitrogen and oxygen atoms in total. The van der Waals surface area contributed by atoms with Gasteiger partial charge in [-0.3, -0.25) is 14.7 Å². The molecule has 0 spiro atoms. The molecule has 0 saturated carbocycles. The molecule has 4 heterocycles. The second-order valence-electron chi connectivity index (χ2n) is 6.54. The van der Waals surface area contributed by atoms with Crippen LogP contribution in [0.1, 0.15) is 16.8 Å². The maximum Gasteiger partial charge on any atom is 0.328 e. The summed E-state index contributed by atoms with van der Waals surface area (Å²) in [6.07, 6.45) is 3.91. The lowest BCUT2D eigenvalue weighted by Gasteiger charge is -2.26. The van der Waals surface area contributed by atoms with Gasteiger partial charge in [-0.25, -0.2) is 4.79 Å². The van der Waals surface area contributed by atoms with E-state index in [0.717, 1.165) is 27.7 Å². The highest BCUT2D eigenvalue weighted by Gasteiger charge is 2.47. The number of aromatic nitrogens is 2. The van der Waals surface area contributed by atoms with Crippen molar-refractivity contribution in [1.29, 1.82) is 0 Å². The first-order valence-electron chi connectivity index (χ1n) is 8.32. The van der Waals surface area contributed by atoms with Crippen molar-refractivity contribution >= 4 is 22.8 Å². The second-order valence-corrected chi connectivity index (χ2v) is 6.54. The fourth-order valence-electron chi connectivity index (χ4n) is 3.88. The van der Waals surface area contributed by atoms with Gasteiger partial charge in [0.25, 0.3) is 5.91 Å². The average Bonchev–Trinajstić information content (AvgIpc) is 3.12. The van der Waals surface area contributed by atoms with E-state index in [-0.39, 0.29) is 11.9 Å². The van der Waals surface area contributed by atoms with Crippen molar-refractivity contribution in [3.63, 3.8) is 0 Å². The molecule has 0 aliphatic carbocycles. The number of H-pyrrole nitrogens is 1. The Hall–Kier alpha value is -3.15. The minimum atomic E-state index is -0.402. The van der Waals surface area contributed by atoms with Gasteiger partial charge >= 0.3 is 6.03 Å². The lowest BCUT2D eigenvalue weighted by Crippen LogP contribution is -2.39. The van der Waals surface area contributed by atoms with E-state index < -0.39 is 6.04 Å². The van der Waals surface area contributed by atoms with Crippen molar-refractivity contribution in [3.05, 3.63) is 65.6 Å². The number of rotatable bonds is 2. The Morgan fingerprint density at radius 1 is 1.12 bits per heavy atom. The SMILES string of the molecule is O=C1C2Cc3c([nH]c4ccccc34)CN2C(=O)N1Cc1ccncc1. The van der Waals surface area contributed by atoms with Gasteiger partial charge in [-0.05, 0) is 29.3 Å². The molecule has 1 aromatic carbocycles. The number of nitrogens with one attached hydrogen (secondary N) is 1. The quantitative estimate of drug-likeness (QED) is 0.733. The van der Waals surface area contributed by atoms with Gasteiger partial charge in [-0.2, -0.15) is 0 Å². The van der Waals surface area contributed by atoms with Gasteiger partial charge < -0.3 is 9.88 Å². The summed E-state index contributed by atoms with van der Waals surface area (Å²) in [4.78, 5) is 36.1. The first-order chi connectivity index (χ1) is 12.2. The number of imide groups is 1. The van der Waals surface area contributed by atoms with Gasteiger partial charge in [-0.1, -0.05) is 18.2 Å². The highest BCUT2D eigenvalue weighted by Crippen LogP contribution is 2.34. The molecule has 2 aliphatic heterocycles. The number of hydrogen-bond donors (Lipinski definition) is 1. The molecule has 3 amide bonds. The van der Waals surface area contributed by atoms with Gasteiger partial charge in [0.2, 0.25) is 0 Å². The number of pyridine rings is 1. The molecule has 1 saturated heterocycles. The molecule has 1 unspecified atom stereocenters. The monoisotopic (exact) mass is 332 g/mol. The standard InChI is InChI=1S/C19H16N4O2/c24-18-17-9-14-13-3-1-2-4-15(13)21-16(14)11-22(17)19(25)23(18)10-12-5-7-20-8-6-12/h1-8,17,21H,9-11H2. The van der Waals surface area contributed by atoms with Crippen LogP contribution in [-0.4, -0.2) is 37.7 Å². The van der Waals surface area contributed by atoms with Gasteiger partial charge in [0.15, 0.2) is 0 Å². The zero-order valence-electron chi connectivity index (χ0n) is 13.5. The number of fused-ring (bicyclic) bond motifs is 4. The molecular weight excluding hydrogens is 316 g/mol. The number of nitrogens with zero attached hydrogens (tertiary/aromatic N) is 3. The van der Waals surface area contributed by atoms with Gasteiger partial charge in [-0.15, -0.1) is 0 Å². The van der Waals surface area contributed by atoms with E-state index in [2.05, 4.69) is 16.0 Å². The fraction of sp³-hybridized carbons (Fsp3) is 0.211. The van der Waals surface area contributed by atoms with Crippen molar-refractivity contribution < 1.29 is 9.59 Å².